The fraction of sp³-hybridized carbons (Fsp3) is 0.214. The largest absolute Gasteiger partial charge is 0.369 e. The highest BCUT2D eigenvalue weighted by Gasteiger charge is 2.46. The number of thiazole rings is 1. The average Bonchev–Trinajstić information content (AvgIpc) is 3.05. The number of nitrogens with zero attached hydrogens (tertiary/aromatic N) is 1. The second kappa shape index (κ2) is 4.42. The molecule has 0 radical (unpaired) electrons. The van der Waals surface area contributed by atoms with Crippen LogP contribution < -0.4 is 11.5 Å². The van der Waals surface area contributed by atoms with Gasteiger partial charge in [-0.3, -0.25) is 9.59 Å². The number of amides is 2. The molecule has 1 heterocycles. The maximum Gasteiger partial charge on any atom is 0.248 e. The summed E-state index contributed by atoms with van der Waals surface area (Å²) in [5.41, 5.74) is 12.5. The lowest BCUT2D eigenvalue weighted by Gasteiger charge is -2.22. The highest BCUT2D eigenvalue weighted by atomic mass is 32.1. The number of primary amides is 2. The van der Waals surface area contributed by atoms with E-state index in [1.54, 1.807) is 18.3 Å². The zero-order chi connectivity index (χ0) is 14.3. The van der Waals surface area contributed by atoms with Crippen LogP contribution in [0.15, 0.2) is 29.8 Å². The fourth-order valence-corrected chi connectivity index (χ4v) is 3.56. The van der Waals surface area contributed by atoms with Gasteiger partial charge < -0.3 is 11.5 Å². The fourth-order valence-electron chi connectivity index (χ4n) is 2.72. The Balaban J connectivity index is 2.07. The standard InChI is InChI=1S/C14H13N3O2S/c15-11(18)8-1-2-9-6-14(12(16)19,7-10(9)5-8)13-17-3-4-20-13/h1-5H,6-7H2,(H2,15,18)(H2,16,19). The van der Waals surface area contributed by atoms with E-state index in [2.05, 4.69) is 4.98 Å². The zero-order valence-corrected chi connectivity index (χ0v) is 11.4. The third-order valence-electron chi connectivity index (χ3n) is 3.79. The molecular weight excluding hydrogens is 274 g/mol. The summed E-state index contributed by atoms with van der Waals surface area (Å²) in [5, 5.41) is 2.56. The number of hydrogen-bond acceptors (Lipinski definition) is 4. The molecule has 0 aliphatic heterocycles. The number of carbonyl (C=O) groups excluding carboxylic acids is 2. The molecule has 6 heteroatoms. The predicted octanol–water partition coefficient (Wildman–Crippen LogP) is 0.764. The summed E-state index contributed by atoms with van der Waals surface area (Å²) < 4.78 is 0. The van der Waals surface area contributed by atoms with E-state index in [9.17, 15) is 9.59 Å². The second-order valence-corrected chi connectivity index (χ2v) is 5.88. The molecule has 2 aromatic rings. The Bertz CT molecular complexity index is 696. The van der Waals surface area contributed by atoms with Crippen molar-refractivity contribution in [1.29, 1.82) is 0 Å². The SMILES string of the molecule is NC(=O)c1ccc2c(c1)CC(C(N)=O)(c1nccs1)C2. The summed E-state index contributed by atoms with van der Waals surface area (Å²) in [5.74, 6) is -0.858. The highest BCUT2D eigenvalue weighted by Crippen LogP contribution is 2.40. The molecule has 1 aromatic carbocycles. The normalized spacial score (nSPS) is 20.6. The smallest absolute Gasteiger partial charge is 0.248 e. The molecule has 1 unspecified atom stereocenters. The minimum absolute atomic E-state index is 0.385. The van der Waals surface area contributed by atoms with Gasteiger partial charge in [0.2, 0.25) is 11.8 Å². The van der Waals surface area contributed by atoms with E-state index in [-0.39, 0.29) is 5.91 Å². The summed E-state index contributed by atoms with van der Waals surface area (Å²) in [6.45, 7) is 0. The van der Waals surface area contributed by atoms with Gasteiger partial charge in [0.25, 0.3) is 0 Å². The van der Waals surface area contributed by atoms with Gasteiger partial charge in [0.05, 0.1) is 0 Å². The van der Waals surface area contributed by atoms with Crippen LogP contribution >= 0.6 is 11.3 Å². The summed E-state index contributed by atoms with van der Waals surface area (Å²) in [7, 11) is 0. The molecule has 1 aliphatic carbocycles. The van der Waals surface area contributed by atoms with Crippen molar-refractivity contribution < 1.29 is 9.59 Å². The van der Waals surface area contributed by atoms with Crippen LogP contribution in [0.1, 0.15) is 26.5 Å². The number of rotatable bonds is 3. The molecule has 0 bridgehead atoms. The van der Waals surface area contributed by atoms with Crippen LogP contribution in [0.5, 0.6) is 0 Å². The van der Waals surface area contributed by atoms with Crippen LogP contribution in [0.3, 0.4) is 0 Å². The summed E-state index contributed by atoms with van der Waals surface area (Å²) >= 11 is 1.42. The Hall–Kier alpha value is -2.21. The van der Waals surface area contributed by atoms with Gasteiger partial charge in [-0.25, -0.2) is 4.98 Å². The van der Waals surface area contributed by atoms with Crippen molar-refractivity contribution in [2.24, 2.45) is 11.5 Å². The van der Waals surface area contributed by atoms with Crippen molar-refractivity contribution in [3.63, 3.8) is 0 Å². The molecule has 2 amide bonds. The quantitative estimate of drug-likeness (QED) is 0.871. The van der Waals surface area contributed by atoms with Crippen LogP contribution in [0.2, 0.25) is 0 Å². The van der Waals surface area contributed by atoms with E-state index in [0.717, 1.165) is 16.1 Å². The first-order valence-electron chi connectivity index (χ1n) is 6.14. The number of nitrogens with two attached hydrogens (primary N) is 2. The van der Waals surface area contributed by atoms with Gasteiger partial charge in [-0.15, -0.1) is 11.3 Å². The minimum atomic E-state index is -0.799. The lowest BCUT2D eigenvalue weighted by Crippen LogP contribution is -2.42. The lowest BCUT2D eigenvalue weighted by atomic mass is 9.84. The lowest BCUT2D eigenvalue weighted by molar-refractivity contribution is -0.123. The van der Waals surface area contributed by atoms with Gasteiger partial charge in [0.15, 0.2) is 0 Å². The van der Waals surface area contributed by atoms with E-state index in [0.29, 0.717) is 18.4 Å². The third-order valence-corrected chi connectivity index (χ3v) is 4.77. The van der Waals surface area contributed by atoms with E-state index < -0.39 is 11.3 Å². The maximum atomic E-state index is 12.0. The summed E-state index contributed by atoms with van der Waals surface area (Å²) in [4.78, 5) is 27.5. The first-order valence-corrected chi connectivity index (χ1v) is 7.02. The Morgan fingerprint density at radius 2 is 1.95 bits per heavy atom. The number of carbonyl (C=O) groups is 2. The molecule has 4 N–H and O–H groups in total. The Kier molecular flexibility index (Phi) is 2.83. The van der Waals surface area contributed by atoms with Gasteiger partial charge in [-0.1, -0.05) is 6.07 Å². The third kappa shape index (κ3) is 1.80. The predicted molar refractivity (Wildman–Crippen MR) is 75.4 cm³/mol. The molecule has 1 atom stereocenters. The first kappa shape index (κ1) is 12.8. The topological polar surface area (TPSA) is 99.1 Å². The van der Waals surface area contributed by atoms with Crippen molar-refractivity contribution in [2.45, 2.75) is 18.3 Å². The van der Waals surface area contributed by atoms with E-state index >= 15 is 0 Å². The molecular formula is C14H13N3O2S. The van der Waals surface area contributed by atoms with Gasteiger partial charge in [-0.2, -0.15) is 0 Å². The molecule has 0 saturated heterocycles. The molecule has 1 aliphatic rings. The van der Waals surface area contributed by atoms with Gasteiger partial charge in [-0.05, 0) is 36.1 Å². The molecule has 102 valence electrons. The molecule has 1 aromatic heterocycles. The Labute approximate surface area is 119 Å². The van der Waals surface area contributed by atoms with Crippen LogP contribution in [0.25, 0.3) is 0 Å². The van der Waals surface area contributed by atoms with Crippen molar-refractivity contribution in [3.8, 4) is 0 Å². The van der Waals surface area contributed by atoms with Crippen molar-refractivity contribution in [1.82, 2.24) is 4.98 Å². The van der Waals surface area contributed by atoms with Crippen LogP contribution in [-0.4, -0.2) is 16.8 Å². The monoisotopic (exact) mass is 287 g/mol. The molecule has 0 spiro atoms. The van der Waals surface area contributed by atoms with Crippen molar-refractivity contribution >= 4 is 23.2 Å². The summed E-state index contributed by atoms with van der Waals surface area (Å²) in [6, 6.07) is 5.27. The number of fused-ring (bicyclic) bond motifs is 1. The molecule has 20 heavy (non-hydrogen) atoms. The summed E-state index contributed by atoms with van der Waals surface area (Å²) in [6.07, 6.45) is 2.65. The van der Waals surface area contributed by atoms with Crippen LogP contribution in [0, 0.1) is 0 Å². The minimum Gasteiger partial charge on any atom is -0.369 e. The molecule has 0 saturated carbocycles. The van der Waals surface area contributed by atoms with Crippen LogP contribution in [-0.2, 0) is 23.1 Å². The first-order chi connectivity index (χ1) is 9.53. The molecule has 0 fully saturated rings. The Morgan fingerprint density at radius 3 is 2.55 bits per heavy atom. The zero-order valence-electron chi connectivity index (χ0n) is 10.6. The van der Waals surface area contributed by atoms with E-state index in [4.69, 9.17) is 11.5 Å². The number of hydrogen-bond donors (Lipinski definition) is 2. The second-order valence-electron chi connectivity index (χ2n) is 4.98. The molecule has 3 rings (SSSR count). The number of aromatic nitrogens is 1. The average molecular weight is 287 g/mol. The Morgan fingerprint density at radius 1 is 1.20 bits per heavy atom. The highest BCUT2D eigenvalue weighted by molar-refractivity contribution is 7.09. The molecule has 5 nitrogen and oxygen atoms in total. The van der Waals surface area contributed by atoms with Crippen molar-refractivity contribution in [3.05, 3.63) is 51.5 Å². The number of benzene rings is 1. The maximum absolute atomic E-state index is 12.0. The van der Waals surface area contributed by atoms with E-state index in [1.165, 1.54) is 11.3 Å². The van der Waals surface area contributed by atoms with E-state index in [1.807, 2.05) is 11.4 Å². The van der Waals surface area contributed by atoms with Gasteiger partial charge in [0, 0.05) is 17.1 Å². The van der Waals surface area contributed by atoms with Crippen LogP contribution in [0.4, 0.5) is 0 Å². The van der Waals surface area contributed by atoms with Gasteiger partial charge >= 0.3 is 0 Å². The van der Waals surface area contributed by atoms with Crippen molar-refractivity contribution in [2.75, 3.05) is 0 Å². The van der Waals surface area contributed by atoms with Gasteiger partial charge in [0.1, 0.15) is 10.4 Å².